The van der Waals surface area contributed by atoms with Crippen molar-refractivity contribution in [1.29, 1.82) is 0 Å². The van der Waals surface area contributed by atoms with Crippen LogP contribution in [0.25, 0.3) is 0 Å². The summed E-state index contributed by atoms with van der Waals surface area (Å²) in [7, 11) is 0. The van der Waals surface area contributed by atoms with E-state index < -0.39 is 112 Å². The third-order valence-electron chi connectivity index (χ3n) is 6.07. The Kier molecular flexibility index (Phi) is 9.54. The normalized spacial score (nSPS) is 52.5. The molecule has 0 aromatic rings. The molecule has 3 heterocycles. The molecule has 3 saturated heterocycles. The molecule has 0 bridgehead atoms. The average molecular weight is 504 g/mol. The molecule has 11 N–H and O–H groups in total. The van der Waals surface area contributed by atoms with Crippen molar-refractivity contribution in [3.63, 3.8) is 0 Å². The van der Waals surface area contributed by atoms with E-state index in [-0.39, 0.29) is 0 Å². The molecule has 3 fully saturated rings. The van der Waals surface area contributed by atoms with Gasteiger partial charge in [0.15, 0.2) is 18.9 Å². The van der Waals surface area contributed by atoms with Gasteiger partial charge in [-0.05, 0) is 0 Å². The van der Waals surface area contributed by atoms with Gasteiger partial charge in [0, 0.05) is 0 Å². The van der Waals surface area contributed by atoms with Crippen molar-refractivity contribution in [2.75, 3.05) is 19.8 Å². The summed E-state index contributed by atoms with van der Waals surface area (Å²) in [4.78, 5) is 0. The van der Waals surface area contributed by atoms with Gasteiger partial charge in [-0.15, -0.1) is 0 Å². The fraction of sp³-hybridized carbons (Fsp3) is 1.00. The van der Waals surface area contributed by atoms with E-state index in [2.05, 4.69) is 0 Å². The SMILES string of the molecule is OC[C@H]1O[C@@H](OC[C@H]2O[C@@H](O[C@H]3[C@H](O)[C@@H](CO)OC(O)[C@@H]3O)[C@H](O)[C@@H](O)[C@@H]2O)[C@H](O)[C@@H](O)[C@@H]1O. The van der Waals surface area contributed by atoms with Gasteiger partial charge in [0.05, 0.1) is 19.8 Å². The predicted octanol–water partition coefficient (Wildman–Crippen LogP) is -7.57. The number of hydrogen-bond acceptors (Lipinski definition) is 16. The van der Waals surface area contributed by atoms with Crippen molar-refractivity contribution in [1.82, 2.24) is 0 Å². The van der Waals surface area contributed by atoms with E-state index in [4.69, 9.17) is 23.7 Å². The Balaban J connectivity index is 1.66. The summed E-state index contributed by atoms with van der Waals surface area (Å²) in [5.41, 5.74) is 0. The number of rotatable bonds is 7. The van der Waals surface area contributed by atoms with Crippen molar-refractivity contribution < 1.29 is 79.9 Å². The fourth-order valence-corrected chi connectivity index (χ4v) is 3.94. The van der Waals surface area contributed by atoms with Crippen LogP contribution in [-0.2, 0) is 23.7 Å². The zero-order valence-electron chi connectivity index (χ0n) is 17.7. The largest absolute Gasteiger partial charge is 0.394 e. The first kappa shape index (κ1) is 27.9. The Hall–Kier alpha value is -0.640. The molecular formula is C18H32O16. The molecule has 0 saturated carbocycles. The van der Waals surface area contributed by atoms with Crippen LogP contribution in [0, 0.1) is 0 Å². The molecule has 34 heavy (non-hydrogen) atoms. The smallest absolute Gasteiger partial charge is 0.187 e. The maximum Gasteiger partial charge on any atom is 0.187 e. The standard InChI is InChI=1S/C18H32O16/c19-1-4-7(21)10(24)12(26)17(32-4)30-3-6-8(22)11(25)13(27)18(33-6)34-15-9(23)5(2-20)31-16(29)14(15)28/h4-29H,1-3H2/t4-,5-,6-,7-,8-,9-,10+,11+,12-,13-,14-,15+,16?,17-,18+/m1/s1. The highest BCUT2D eigenvalue weighted by Gasteiger charge is 2.51. The van der Waals surface area contributed by atoms with Gasteiger partial charge in [0.1, 0.15) is 73.2 Å². The molecule has 3 aliphatic heterocycles. The van der Waals surface area contributed by atoms with Crippen LogP contribution in [0.3, 0.4) is 0 Å². The Morgan fingerprint density at radius 2 is 1.00 bits per heavy atom. The van der Waals surface area contributed by atoms with Crippen LogP contribution in [-0.4, -0.2) is 168 Å². The zero-order valence-corrected chi connectivity index (χ0v) is 17.7. The van der Waals surface area contributed by atoms with E-state index >= 15 is 0 Å². The van der Waals surface area contributed by atoms with Gasteiger partial charge < -0.3 is 79.9 Å². The van der Waals surface area contributed by atoms with Crippen LogP contribution in [0.1, 0.15) is 0 Å². The van der Waals surface area contributed by atoms with Crippen LogP contribution >= 0.6 is 0 Å². The van der Waals surface area contributed by atoms with E-state index in [0.29, 0.717) is 0 Å². The molecule has 200 valence electrons. The zero-order chi connectivity index (χ0) is 25.3. The van der Waals surface area contributed by atoms with Gasteiger partial charge in [0.25, 0.3) is 0 Å². The molecule has 16 nitrogen and oxygen atoms in total. The number of aliphatic hydroxyl groups is 11. The lowest BCUT2D eigenvalue weighted by Gasteiger charge is -2.45. The molecule has 15 atom stereocenters. The molecule has 1 unspecified atom stereocenters. The van der Waals surface area contributed by atoms with Crippen molar-refractivity contribution in [3.05, 3.63) is 0 Å². The predicted molar refractivity (Wildman–Crippen MR) is 101 cm³/mol. The molecule has 3 rings (SSSR count). The van der Waals surface area contributed by atoms with Gasteiger partial charge in [-0.25, -0.2) is 0 Å². The summed E-state index contributed by atoms with van der Waals surface area (Å²) < 4.78 is 26.1. The lowest BCUT2D eigenvalue weighted by molar-refractivity contribution is -0.362. The van der Waals surface area contributed by atoms with Crippen LogP contribution in [0.4, 0.5) is 0 Å². The molecule has 0 aromatic carbocycles. The summed E-state index contributed by atoms with van der Waals surface area (Å²) in [5.74, 6) is 0. The third-order valence-corrected chi connectivity index (χ3v) is 6.07. The van der Waals surface area contributed by atoms with Crippen molar-refractivity contribution in [2.24, 2.45) is 0 Å². The summed E-state index contributed by atoms with van der Waals surface area (Å²) >= 11 is 0. The first-order valence-corrected chi connectivity index (χ1v) is 10.6. The highest BCUT2D eigenvalue weighted by atomic mass is 16.7. The Labute approximate surface area is 192 Å². The molecule has 0 aliphatic carbocycles. The molecule has 0 amide bonds. The van der Waals surface area contributed by atoms with Gasteiger partial charge >= 0.3 is 0 Å². The van der Waals surface area contributed by atoms with E-state index in [1.165, 1.54) is 0 Å². The van der Waals surface area contributed by atoms with Gasteiger partial charge in [-0.3, -0.25) is 0 Å². The molecule has 16 heteroatoms. The minimum absolute atomic E-state index is 0.617. The van der Waals surface area contributed by atoms with Crippen LogP contribution in [0.5, 0.6) is 0 Å². The molecule has 0 spiro atoms. The van der Waals surface area contributed by atoms with Crippen LogP contribution in [0.2, 0.25) is 0 Å². The van der Waals surface area contributed by atoms with Crippen molar-refractivity contribution in [3.8, 4) is 0 Å². The quantitative estimate of drug-likeness (QED) is 0.154. The second-order valence-electron chi connectivity index (χ2n) is 8.37. The van der Waals surface area contributed by atoms with Crippen LogP contribution < -0.4 is 0 Å². The fourth-order valence-electron chi connectivity index (χ4n) is 3.94. The molecule has 0 aromatic heterocycles. The summed E-state index contributed by atoms with van der Waals surface area (Å²) in [6, 6.07) is 0. The first-order chi connectivity index (χ1) is 16.0. The monoisotopic (exact) mass is 504 g/mol. The van der Waals surface area contributed by atoms with Crippen molar-refractivity contribution >= 4 is 0 Å². The van der Waals surface area contributed by atoms with Gasteiger partial charge in [-0.1, -0.05) is 0 Å². The minimum Gasteiger partial charge on any atom is -0.394 e. The Bertz CT molecular complexity index is 639. The van der Waals surface area contributed by atoms with Crippen molar-refractivity contribution in [2.45, 2.75) is 92.1 Å². The lowest BCUT2D eigenvalue weighted by Crippen LogP contribution is -2.65. The van der Waals surface area contributed by atoms with Gasteiger partial charge in [0.2, 0.25) is 0 Å². The lowest BCUT2D eigenvalue weighted by atomic mass is 9.97. The van der Waals surface area contributed by atoms with Crippen LogP contribution in [0.15, 0.2) is 0 Å². The first-order valence-electron chi connectivity index (χ1n) is 10.6. The van der Waals surface area contributed by atoms with Gasteiger partial charge in [-0.2, -0.15) is 0 Å². The maximum absolute atomic E-state index is 10.3. The highest BCUT2D eigenvalue weighted by Crippen LogP contribution is 2.29. The number of hydrogen-bond donors (Lipinski definition) is 11. The van der Waals surface area contributed by atoms with E-state index in [1.54, 1.807) is 0 Å². The topological polar surface area (TPSA) is 269 Å². The summed E-state index contributed by atoms with van der Waals surface area (Å²) in [6.07, 6.45) is -25.0. The van der Waals surface area contributed by atoms with E-state index in [1.807, 2.05) is 0 Å². The maximum atomic E-state index is 10.3. The highest BCUT2D eigenvalue weighted by molar-refractivity contribution is 4.94. The molecule has 3 aliphatic rings. The minimum atomic E-state index is -1.88. The second kappa shape index (κ2) is 11.6. The Morgan fingerprint density at radius 1 is 0.500 bits per heavy atom. The molecule has 0 radical (unpaired) electrons. The van der Waals surface area contributed by atoms with E-state index in [9.17, 15) is 56.2 Å². The number of ether oxygens (including phenoxy) is 5. The van der Waals surface area contributed by atoms with E-state index in [0.717, 1.165) is 0 Å². The summed E-state index contributed by atoms with van der Waals surface area (Å²) in [5, 5.41) is 109. The number of aliphatic hydroxyl groups excluding tert-OH is 11. The molecular weight excluding hydrogens is 472 g/mol. The summed E-state index contributed by atoms with van der Waals surface area (Å²) in [6.45, 7) is -2.06. The third kappa shape index (κ3) is 5.52. The second-order valence-corrected chi connectivity index (χ2v) is 8.37. The Morgan fingerprint density at radius 3 is 1.59 bits per heavy atom. The average Bonchev–Trinajstić information content (AvgIpc) is 2.82.